The van der Waals surface area contributed by atoms with Crippen LogP contribution in [0.3, 0.4) is 0 Å². The quantitative estimate of drug-likeness (QED) is 0.555. The molecule has 0 atom stereocenters. The maximum Gasteiger partial charge on any atom is -0.00258 e. The molecule has 1 aromatic rings. The van der Waals surface area contributed by atoms with Gasteiger partial charge >= 0.3 is 0 Å². The highest BCUT2D eigenvalue weighted by atomic mass is 14.0. The lowest BCUT2D eigenvalue weighted by molar-refractivity contribution is 1.20. The Morgan fingerprint density at radius 3 is 2.00 bits per heavy atom. The molecule has 0 heterocycles. The number of hydrogen-bond acceptors (Lipinski definition) is 0. The van der Waals surface area contributed by atoms with Gasteiger partial charge in [-0.15, -0.1) is 0 Å². The van der Waals surface area contributed by atoms with Crippen molar-refractivity contribution >= 4 is 0 Å². The molecule has 0 N–H and O–H groups in total. The van der Waals surface area contributed by atoms with Gasteiger partial charge in [0.05, 0.1) is 0 Å². The van der Waals surface area contributed by atoms with Crippen LogP contribution < -0.4 is 0 Å². The standard InChI is InChI=1S/C15H16.2C2H6/c1-3-5-10-14(9-4-2)13-15-11-7-6-8-12-15;2*1-2/h3-12H,1-2,13H2;2*1-2H3/b10-5-,14-9+;;. The third-order valence-corrected chi connectivity index (χ3v) is 2.03. The SMILES string of the molecule is C=C/C=C\C(=C/C=C)Cc1ccccc1.CC.CC. The van der Waals surface area contributed by atoms with Gasteiger partial charge in [-0.2, -0.15) is 0 Å². The highest BCUT2D eigenvalue weighted by Gasteiger charge is 1.93. The molecule has 19 heavy (non-hydrogen) atoms. The average molecular weight is 256 g/mol. The smallest absolute Gasteiger partial charge is 0.00258 e. The summed E-state index contributed by atoms with van der Waals surface area (Å²) >= 11 is 0. The van der Waals surface area contributed by atoms with Crippen LogP contribution in [0.5, 0.6) is 0 Å². The van der Waals surface area contributed by atoms with Crippen LogP contribution >= 0.6 is 0 Å². The van der Waals surface area contributed by atoms with Gasteiger partial charge in [0.25, 0.3) is 0 Å². The van der Waals surface area contributed by atoms with Gasteiger partial charge in [-0.25, -0.2) is 0 Å². The Labute approximate surface area is 119 Å². The molecule has 0 saturated heterocycles. The van der Waals surface area contributed by atoms with Crippen molar-refractivity contribution in [3.63, 3.8) is 0 Å². The molecule has 0 aliphatic carbocycles. The summed E-state index contributed by atoms with van der Waals surface area (Å²) < 4.78 is 0. The molecule has 0 heteroatoms. The first kappa shape index (κ1) is 19.5. The molecule has 1 aromatic carbocycles. The zero-order valence-electron chi connectivity index (χ0n) is 12.9. The maximum absolute atomic E-state index is 3.71. The summed E-state index contributed by atoms with van der Waals surface area (Å²) in [7, 11) is 0. The van der Waals surface area contributed by atoms with Crippen molar-refractivity contribution in [2.75, 3.05) is 0 Å². The van der Waals surface area contributed by atoms with Crippen LogP contribution in [0.25, 0.3) is 0 Å². The van der Waals surface area contributed by atoms with Gasteiger partial charge < -0.3 is 0 Å². The minimum Gasteiger partial charge on any atom is -0.0991 e. The largest absolute Gasteiger partial charge is 0.0991 e. The minimum absolute atomic E-state index is 0.928. The Hall–Kier alpha value is -1.82. The summed E-state index contributed by atoms with van der Waals surface area (Å²) in [5.74, 6) is 0. The van der Waals surface area contributed by atoms with Gasteiger partial charge in [-0.1, -0.05) is 102 Å². The molecular formula is C19H28. The maximum atomic E-state index is 3.71. The third-order valence-electron chi connectivity index (χ3n) is 2.03. The van der Waals surface area contributed by atoms with Crippen molar-refractivity contribution in [1.82, 2.24) is 0 Å². The molecule has 0 aliphatic rings. The van der Waals surface area contributed by atoms with Crippen molar-refractivity contribution in [1.29, 1.82) is 0 Å². The summed E-state index contributed by atoms with van der Waals surface area (Å²) in [5.41, 5.74) is 2.54. The lowest BCUT2D eigenvalue weighted by Crippen LogP contribution is -1.86. The molecule has 0 fully saturated rings. The van der Waals surface area contributed by atoms with Crippen LogP contribution in [0.4, 0.5) is 0 Å². The summed E-state index contributed by atoms with van der Waals surface area (Å²) in [6.07, 6.45) is 10.5. The van der Waals surface area contributed by atoms with Crippen molar-refractivity contribution in [2.45, 2.75) is 34.1 Å². The van der Waals surface area contributed by atoms with Crippen molar-refractivity contribution in [3.8, 4) is 0 Å². The average Bonchev–Trinajstić information content (AvgIpc) is 2.50. The van der Waals surface area contributed by atoms with E-state index in [1.807, 2.05) is 52.0 Å². The van der Waals surface area contributed by atoms with E-state index in [2.05, 4.69) is 43.5 Å². The van der Waals surface area contributed by atoms with E-state index < -0.39 is 0 Å². The fourth-order valence-electron chi connectivity index (χ4n) is 1.35. The predicted octanol–water partition coefficient (Wildman–Crippen LogP) is 6.14. The summed E-state index contributed by atoms with van der Waals surface area (Å²) in [4.78, 5) is 0. The zero-order valence-corrected chi connectivity index (χ0v) is 12.9. The number of benzene rings is 1. The fraction of sp³-hybridized carbons (Fsp3) is 0.263. The first-order valence-corrected chi connectivity index (χ1v) is 7.01. The molecule has 0 saturated carbocycles. The van der Waals surface area contributed by atoms with E-state index in [0.717, 1.165) is 6.42 Å². The van der Waals surface area contributed by atoms with E-state index in [1.165, 1.54) is 11.1 Å². The van der Waals surface area contributed by atoms with Crippen molar-refractivity contribution in [2.24, 2.45) is 0 Å². The second kappa shape index (κ2) is 16.2. The lowest BCUT2D eigenvalue weighted by atomic mass is 10.0. The van der Waals surface area contributed by atoms with Gasteiger partial charge in [0.1, 0.15) is 0 Å². The first-order chi connectivity index (χ1) is 9.36. The van der Waals surface area contributed by atoms with Crippen molar-refractivity contribution < 1.29 is 0 Å². The van der Waals surface area contributed by atoms with Gasteiger partial charge in [0, 0.05) is 0 Å². The topological polar surface area (TPSA) is 0 Å². The molecule has 0 bridgehead atoms. The van der Waals surface area contributed by atoms with Crippen LogP contribution in [0, 0.1) is 0 Å². The Morgan fingerprint density at radius 1 is 0.947 bits per heavy atom. The van der Waals surface area contributed by atoms with E-state index in [-0.39, 0.29) is 0 Å². The molecule has 0 aliphatic heterocycles. The molecule has 104 valence electrons. The molecule has 0 amide bonds. The van der Waals surface area contributed by atoms with E-state index in [0.29, 0.717) is 0 Å². The fourth-order valence-corrected chi connectivity index (χ4v) is 1.35. The third kappa shape index (κ3) is 11.0. The highest BCUT2D eigenvalue weighted by Crippen LogP contribution is 2.09. The summed E-state index contributed by atoms with van der Waals surface area (Å²) in [6.45, 7) is 15.4. The predicted molar refractivity (Wildman–Crippen MR) is 90.5 cm³/mol. The van der Waals surface area contributed by atoms with Gasteiger partial charge in [-0.3, -0.25) is 0 Å². The van der Waals surface area contributed by atoms with Crippen LogP contribution in [0.15, 0.2) is 79.4 Å². The van der Waals surface area contributed by atoms with Gasteiger partial charge in [0.15, 0.2) is 0 Å². The van der Waals surface area contributed by atoms with Crippen LogP contribution in [0.2, 0.25) is 0 Å². The van der Waals surface area contributed by atoms with Crippen molar-refractivity contribution in [3.05, 3.63) is 85.0 Å². The molecule has 0 radical (unpaired) electrons. The molecule has 0 spiro atoms. The van der Waals surface area contributed by atoms with Crippen LogP contribution in [-0.4, -0.2) is 0 Å². The second-order valence-electron chi connectivity index (χ2n) is 3.23. The van der Waals surface area contributed by atoms with Gasteiger partial charge in [0.2, 0.25) is 0 Å². The highest BCUT2D eigenvalue weighted by molar-refractivity contribution is 5.31. The monoisotopic (exact) mass is 256 g/mol. The molecule has 0 unspecified atom stereocenters. The van der Waals surface area contributed by atoms with Crippen LogP contribution in [-0.2, 0) is 6.42 Å². The van der Waals surface area contributed by atoms with Gasteiger partial charge in [-0.05, 0) is 17.6 Å². The number of rotatable bonds is 5. The molecule has 1 rings (SSSR count). The molecular weight excluding hydrogens is 228 g/mol. The van der Waals surface area contributed by atoms with E-state index >= 15 is 0 Å². The van der Waals surface area contributed by atoms with Crippen LogP contribution in [0.1, 0.15) is 33.3 Å². The lowest BCUT2D eigenvalue weighted by Gasteiger charge is -2.01. The Balaban J connectivity index is 0. The number of hydrogen-bond donors (Lipinski definition) is 0. The molecule has 0 nitrogen and oxygen atoms in total. The minimum atomic E-state index is 0.928. The number of allylic oxidation sites excluding steroid dienone is 6. The second-order valence-corrected chi connectivity index (χ2v) is 3.23. The normalized spacial score (nSPS) is 9.79. The van der Waals surface area contributed by atoms with E-state index in [1.54, 1.807) is 6.08 Å². The molecule has 0 aromatic heterocycles. The van der Waals surface area contributed by atoms with E-state index in [4.69, 9.17) is 0 Å². The first-order valence-electron chi connectivity index (χ1n) is 7.01. The van der Waals surface area contributed by atoms with E-state index in [9.17, 15) is 0 Å². The summed E-state index contributed by atoms with van der Waals surface area (Å²) in [6, 6.07) is 10.4. The summed E-state index contributed by atoms with van der Waals surface area (Å²) in [5, 5.41) is 0. The Morgan fingerprint density at radius 2 is 1.53 bits per heavy atom. The zero-order chi connectivity index (χ0) is 14.9. The Kier molecular flexibility index (Phi) is 16.6. The Bertz CT molecular complexity index is 366.